The molecule has 0 unspecified atom stereocenters. The van der Waals surface area contributed by atoms with Gasteiger partial charge in [-0.15, -0.1) is 11.8 Å². The van der Waals surface area contributed by atoms with E-state index >= 15 is 0 Å². The highest BCUT2D eigenvalue weighted by Crippen LogP contribution is 2.29. The highest BCUT2D eigenvalue weighted by atomic mass is 32.2. The van der Waals surface area contributed by atoms with Gasteiger partial charge in [0.25, 0.3) is 0 Å². The Morgan fingerprint density at radius 2 is 1.95 bits per heavy atom. The van der Waals surface area contributed by atoms with Crippen molar-refractivity contribution >= 4 is 23.1 Å². The first-order chi connectivity index (χ1) is 9.78. The molecule has 0 heterocycles. The Balaban J connectivity index is 2.24. The van der Waals surface area contributed by atoms with E-state index in [2.05, 4.69) is 11.4 Å². The van der Waals surface area contributed by atoms with Crippen LogP contribution in [0.1, 0.15) is 12.5 Å². The van der Waals surface area contributed by atoms with Crippen molar-refractivity contribution < 1.29 is 4.74 Å². The first-order valence-corrected chi connectivity index (χ1v) is 7.58. The second-order valence-electron chi connectivity index (χ2n) is 4.08. The van der Waals surface area contributed by atoms with Gasteiger partial charge in [-0.1, -0.05) is 6.07 Å². The van der Waals surface area contributed by atoms with Gasteiger partial charge in [0.1, 0.15) is 11.8 Å². The lowest BCUT2D eigenvalue weighted by atomic mass is 10.2. The van der Waals surface area contributed by atoms with E-state index in [1.807, 2.05) is 55.6 Å². The maximum Gasteiger partial charge on any atom is 0.119 e. The molecule has 2 aromatic rings. The van der Waals surface area contributed by atoms with Crippen molar-refractivity contribution in [3.05, 3.63) is 48.0 Å². The van der Waals surface area contributed by atoms with Crippen molar-refractivity contribution in [3.8, 4) is 11.8 Å². The average Bonchev–Trinajstić information content (AvgIpc) is 2.49. The Kier molecular flexibility index (Phi) is 4.91. The lowest BCUT2D eigenvalue weighted by Gasteiger charge is -2.11. The first kappa shape index (κ1) is 14.3. The van der Waals surface area contributed by atoms with Crippen LogP contribution < -0.4 is 10.1 Å². The zero-order valence-electron chi connectivity index (χ0n) is 11.5. The molecule has 102 valence electrons. The van der Waals surface area contributed by atoms with Gasteiger partial charge >= 0.3 is 0 Å². The third-order valence-electron chi connectivity index (χ3n) is 2.80. The molecule has 0 aromatic heterocycles. The van der Waals surface area contributed by atoms with Crippen molar-refractivity contribution in [2.75, 3.05) is 18.2 Å². The van der Waals surface area contributed by atoms with Crippen LogP contribution >= 0.6 is 11.8 Å². The lowest BCUT2D eigenvalue weighted by molar-refractivity contribution is 0.340. The van der Waals surface area contributed by atoms with Crippen LogP contribution in [0.2, 0.25) is 0 Å². The van der Waals surface area contributed by atoms with E-state index in [4.69, 9.17) is 4.74 Å². The molecule has 0 spiro atoms. The van der Waals surface area contributed by atoms with Gasteiger partial charge in [-0.3, -0.25) is 0 Å². The summed E-state index contributed by atoms with van der Waals surface area (Å²) in [7, 11) is 0. The molecule has 2 rings (SSSR count). The fraction of sp³-hybridized carbons (Fsp3) is 0.188. The van der Waals surface area contributed by atoms with Gasteiger partial charge in [-0.05, 0) is 49.6 Å². The second-order valence-corrected chi connectivity index (χ2v) is 4.93. The number of ether oxygens (including phenoxy) is 1. The Labute approximate surface area is 123 Å². The summed E-state index contributed by atoms with van der Waals surface area (Å²) in [6.07, 6.45) is 1.97. The molecule has 20 heavy (non-hydrogen) atoms. The molecule has 3 nitrogen and oxygen atoms in total. The Bertz CT molecular complexity index is 617. The maximum absolute atomic E-state index is 9.30. The van der Waals surface area contributed by atoms with E-state index in [0.29, 0.717) is 12.2 Å². The molecular weight excluding hydrogens is 268 g/mol. The van der Waals surface area contributed by atoms with Crippen molar-refractivity contribution in [3.63, 3.8) is 0 Å². The molecule has 0 saturated carbocycles. The normalized spacial score (nSPS) is 9.85. The van der Waals surface area contributed by atoms with E-state index in [1.54, 1.807) is 11.8 Å². The van der Waals surface area contributed by atoms with Gasteiger partial charge in [0.05, 0.1) is 17.9 Å². The van der Waals surface area contributed by atoms with E-state index in [9.17, 15) is 5.26 Å². The molecule has 0 aliphatic heterocycles. The van der Waals surface area contributed by atoms with Gasteiger partial charge < -0.3 is 10.1 Å². The second kappa shape index (κ2) is 6.88. The molecular formula is C16H16N2OS. The van der Waals surface area contributed by atoms with Crippen LogP contribution in [0.4, 0.5) is 11.4 Å². The largest absolute Gasteiger partial charge is 0.494 e. The number of benzene rings is 2. The van der Waals surface area contributed by atoms with Gasteiger partial charge in [0.2, 0.25) is 0 Å². The number of rotatable bonds is 5. The average molecular weight is 284 g/mol. The van der Waals surface area contributed by atoms with Crippen LogP contribution in [0.5, 0.6) is 5.75 Å². The van der Waals surface area contributed by atoms with E-state index in [0.717, 1.165) is 22.0 Å². The monoisotopic (exact) mass is 284 g/mol. The quantitative estimate of drug-likeness (QED) is 0.825. The Morgan fingerprint density at radius 1 is 1.20 bits per heavy atom. The smallest absolute Gasteiger partial charge is 0.119 e. The predicted molar refractivity (Wildman–Crippen MR) is 83.8 cm³/mol. The number of nitriles is 1. The van der Waals surface area contributed by atoms with Gasteiger partial charge in [0.15, 0.2) is 0 Å². The molecule has 0 aliphatic rings. The van der Waals surface area contributed by atoms with Gasteiger partial charge in [0, 0.05) is 10.6 Å². The maximum atomic E-state index is 9.30. The third kappa shape index (κ3) is 3.25. The zero-order chi connectivity index (χ0) is 14.4. The number of anilines is 2. The lowest BCUT2D eigenvalue weighted by Crippen LogP contribution is -1.96. The van der Waals surface area contributed by atoms with E-state index < -0.39 is 0 Å². The predicted octanol–water partition coefficient (Wildman–Crippen LogP) is 4.42. The van der Waals surface area contributed by atoms with Crippen LogP contribution in [-0.2, 0) is 0 Å². The summed E-state index contributed by atoms with van der Waals surface area (Å²) in [5.74, 6) is 0.844. The Hall–Kier alpha value is -2.12. The molecule has 0 fully saturated rings. The van der Waals surface area contributed by atoms with Crippen LogP contribution in [0.15, 0.2) is 47.4 Å². The standard InChI is InChI=1S/C16H16N2OS/c1-3-19-13-9-7-12(8-10-13)18-15-5-4-6-16(20-2)14(15)11-17/h4-10,18H,3H2,1-2H3. The molecule has 4 heteroatoms. The minimum atomic E-state index is 0.654. The third-order valence-corrected chi connectivity index (χ3v) is 3.58. The number of thioether (sulfide) groups is 1. The summed E-state index contributed by atoms with van der Waals surface area (Å²) in [5, 5.41) is 12.6. The summed E-state index contributed by atoms with van der Waals surface area (Å²) >= 11 is 1.57. The number of hydrogen-bond acceptors (Lipinski definition) is 4. The zero-order valence-corrected chi connectivity index (χ0v) is 12.3. The topological polar surface area (TPSA) is 45.0 Å². The molecule has 0 amide bonds. The number of nitrogens with zero attached hydrogens (tertiary/aromatic N) is 1. The van der Waals surface area contributed by atoms with Gasteiger partial charge in [-0.2, -0.15) is 5.26 Å². The highest BCUT2D eigenvalue weighted by Gasteiger charge is 2.07. The summed E-state index contributed by atoms with van der Waals surface area (Å²) in [6, 6.07) is 15.8. The molecule has 1 N–H and O–H groups in total. The van der Waals surface area contributed by atoms with Crippen LogP contribution in [-0.4, -0.2) is 12.9 Å². The van der Waals surface area contributed by atoms with Crippen molar-refractivity contribution in [1.82, 2.24) is 0 Å². The van der Waals surface area contributed by atoms with Gasteiger partial charge in [-0.25, -0.2) is 0 Å². The first-order valence-electron chi connectivity index (χ1n) is 6.35. The molecule has 0 aliphatic carbocycles. The fourth-order valence-electron chi connectivity index (χ4n) is 1.88. The van der Waals surface area contributed by atoms with Crippen molar-refractivity contribution in [1.29, 1.82) is 5.26 Å². The number of nitrogens with one attached hydrogen (secondary N) is 1. The number of hydrogen-bond donors (Lipinski definition) is 1. The summed E-state index contributed by atoms with van der Waals surface area (Å²) in [5.41, 5.74) is 2.43. The molecule has 0 saturated heterocycles. The summed E-state index contributed by atoms with van der Waals surface area (Å²) < 4.78 is 5.41. The minimum absolute atomic E-state index is 0.654. The van der Waals surface area contributed by atoms with Crippen molar-refractivity contribution in [2.24, 2.45) is 0 Å². The highest BCUT2D eigenvalue weighted by molar-refractivity contribution is 7.98. The van der Waals surface area contributed by atoms with Crippen molar-refractivity contribution in [2.45, 2.75) is 11.8 Å². The van der Waals surface area contributed by atoms with E-state index in [1.165, 1.54) is 0 Å². The molecule has 0 atom stereocenters. The minimum Gasteiger partial charge on any atom is -0.494 e. The fourth-order valence-corrected chi connectivity index (χ4v) is 2.45. The SMILES string of the molecule is CCOc1ccc(Nc2cccc(SC)c2C#N)cc1. The molecule has 2 aromatic carbocycles. The Morgan fingerprint density at radius 3 is 2.55 bits per heavy atom. The van der Waals surface area contributed by atoms with E-state index in [-0.39, 0.29) is 0 Å². The molecule has 0 radical (unpaired) electrons. The van der Waals surface area contributed by atoms with Crippen LogP contribution in [0.3, 0.4) is 0 Å². The summed E-state index contributed by atoms with van der Waals surface area (Å²) in [4.78, 5) is 0.975. The van der Waals surface area contributed by atoms with Crippen LogP contribution in [0, 0.1) is 11.3 Å². The molecule has 0 bridgehead atoms. The van der Waals surface area contributed by atoms with Crippen LogP contribution in [0.25, 0.3) is 0 Å². The summed E-state index contributed by atoms with van der Waals surface area (Å²) in [6.45, 7) is 2.61.